The van der Waals surface area contributed by atoms with Crippen molar-refractivity contribution in [3.05, 3.63) is 66.4 Å². The van der Waals surface area contributed by atoms with Crippen LogP contribution in [0.3, 0.4) is 0 Å². The molecule has 1 amide bonds. The Bertz CT molecular complexity index is 1230. The van der Waals surface area contributed by atoms with Gasteiger partial charge in [0.2, 0.25) is 5.91 Å². The molecule has 1 aliphatic rings. The molecule has 4 aromatic rings. The van der Waals surface area contributed by atoms with Gasteiger partial charge < -0.3 is 15.4 Å². The predicted molar refractivity (Wildman–Crippen MR) is 124 cm³/mol. The van der Waals surface area contributed by atoms with E-state index in [1.165, 1.54) is 6.42 Å². The number of anilines is 1. The largest absolute Gasteiger partial charge is 0.457 e. The molecule has 162 valence electrons. The first-order valence-electron chi connectivity index (χ1n) is 10.9. The second-order valence-electron chi connectivity index (χ2n) is 8.05. The van der Waals surface area contributed by atoms with E-state index in [1.54, 1.807) is 0 Å². The van der Waals surface area contributed by atoms with Gasteiger partial charge in [-0.05, 0) is 61.7 Å². The van der Waals surface area contributed by atoms with Gasteiger partial charge in [-0.3, -0.25) is 14.9 Å². The van der Waals surface area contributed by atoms with Crippen molar-refractivity contribution in [3.63, 3.8) is 0 Å². The lowest BCUT2D eigenvalue weighted by molar-refractivity contribution is -0.131. The van der Waals surface area contributed by atoms with E-state index in [-0.39, 0.29) is 12.3 Å². The number of aromatic nitrogens is 3. The molecule has 7 nitrogen and oxygen atoms in total. The van der Waals surface area contributed by atoms with Crippen LogP contribution in [-0.4, -0.2) is 39.1 Å². The number of aromatic amines is 1. The third kappa shape index (κ3) is 4.14. The van der Waals surface area contributed by atoms with Gasteiger partial charge in [-0.2, -0.15) is 5.10 Å². The lowest BCUT2D eigenvalue weighted by Gasteiger charge is -2.26. The molecule has 2 aromatic carbocycles. The van der Waals surface area contributed by atoms with E-state index < -0.39 is 0 Å². The third-order valence-electron chi connectivity index (χ3n) is 5.77. The molecular formula is C25H25N5O2. The Balaban J connectivity index is 1.44. The van der Waals surface area contributed by atoms with Crippen molar-refractivity contribution in [2.75, 3.05) is 18.8 Å². The Morgan fingerprint density at radius 2 is 1.72 bits per heavy atom. The van der Waals surface area contributed by atoms with Gasteiger partial charge in [0.05, 0.1) is 28.7 Å². The number of carbonyl (C=O) groups excluding carboxylic acids is 1. The van der Waals surface area contributed by atoms with Crippen LogP contribution in [-0.2, 0) is 11.2 Å². The van der Waals surface area contributed by atoms with Crippen molar-refractivity contribution < 1.29 is 9.53 Å². The number of hydrogen-bond acceptors (Lipinski definition) is 5. The van der Waals surface area contributed by atoms with Crippen LogP contribution in [0.2, 0.25) is 0 Å². The molecule has 3 heterocycles. The summed E-state index contributed by atoms with van der Waals surface area (Å²) in [5.74, 6) is 2.01. The van der Waals surface area contributed by atoms with E-state index in [0.717, 1.165) is 53.9 Å². The fourth-order valence-corrected chi connectivity index (χ4v) is 4.14. The summed E-state index contributed by atoms with van der Waals surface area (Å²) in [7, 11) is 0. The minimum Gasteiger partial charge on any atom is -0.457 e. The van der Waals surface area contributed by atoms with Crippen LogP contribution in [0.15, 0.2) is 60.7 Å². The number of nitrogen functional groups attached to an aromatic ring is 1. The van der Waals surface area contributed by atoms with E-state index >= 15 is 0 Å². The van der Waals surface area contributed by atoms with Gasteiger partial charge in [-0.1, -0.05) is 18.2 Å². The molecule has 7 heteroatoms. The maximum Gasteiger partial charge on any atom is 0.228 e. The number of ether oxygens (including phenoxy) is 1. The SMILES string of the molecule is Nc1n[nH]c2cc(CC(=O)N3CCCCC3)nc(-c3ccc(Oc4ccccc4)cc3)c12. The smallest absolute Gasteiger partial charge is 0.228 e. The van der Waals surface area contributed by atoms with Gasteiger partial charge in [0.1, 0.15) is 11.5 Å². The van der Waals surface area contributed by atoms with Gasteiger partial charge in [-0.15, -0.1) is 0 Å². The van der Waals surface area contributed by atoms with Crippen LogP contribution < -0.4 is 10.5 Å². The first kappa shape index (κ1) is 20.1. The van der Waals surface area contributed by atoms with Crippen molar-refractivity contribution in [2.24, 2.45) is 0 Å². The number of para-hydroxylation sites is 1. The second kappa shape index (κ2) is 8.70. The quantitative estimate of drug-likeness (QED) is 0.487. The number of amides is 1. The van der Waals surface area contributed by atoms with Gasteiger partial charge in [0.25, 0.3) is 0 Å². The molecule has 0 saturated carbocycles. The number of H-pyrrole nitrogens is 1. The third-order valence-corrected chi connectivity index (χ3v) is 5.77. The molecular weight excluding hydrogens is 402 g/mol. The average Bonchev–Trinajstić information content (AvgIpc) is 3.21. The number of nitrogens with one attached hydrogen (secondary N) is 1. The van der Waals surface area contributed by atoms with Crippen molar-refractivity contribution in [3.8, 4) is 22.8 Å². The monoisotopic (exact) mass is 427 g/mol. The molecule has 0 radical (unpaired) electrons. The molecule has 1 aliphatic heterocycles. The van der Waals surface area contributed by atoms with Crippen molar-refractivity contribution in [1.29, 1.82) is 0 Å². The number of nitrogens with two attached hydrogens (primary N) is 1. The van der Waals surface area contributed by atoms with Crippen LogP contribution in [0.1, 0.15) is 25.0 Å². The van der Waals surface area contributed by atoms with E-state index in [0.29, 0.717) is 17.2 Å². The molecule has 0 bridgehead atoms. The van der Waals surface area contributed by atoms with E-state index in [2.05, 4.69) is 10.2 Å². The zero-order valence-electron chi connectivity index (χ0n) is 17.8. The van der Waals surface area contributed by atoms with Gasteiger partial charge >= 0.3 is 0 Å². The molecule has 0 spiro atoms. The minimum absolute atomic E-state index is 0.113. The number of rotatable bonds is 5. The highest BCUT2D eigenvalue weighted by Gasteiger charge is 2.20. The lowest BCUT2D eigenvalue weighted by atomic mass is 10.1. The average molecular weight is 428 g/mol. The number of pyridine rings is 1. The van der Waals surface area contributed by atoms with Gasteiger partial charge in [0, 0.05) is 18.7 Å². The second-order valence-corrected chi connectivity index (χ2v) is 8.05. The number of piperidine rings is 1. The van der Waals surface area contributed by atoms with E-state index in [1.807, 2.05) is 65.6 Å². The van der Waals surface area contributed by atoms with Crippen molar-refractivity contribution >= 4 is 22.6 Å². The molecule has 1 fully saturated rings. The molecule has 1 saturated heterocycles. The molecule has 5 rings (SSSR count). The lowest BCUT2D eigenvalue weighted by Crippen LogP contribution is -2.36. The molecule has 32 heavy (non-hydrogen) atoms. The highest BCUT2D eigenvalue weighted by atomic mass is 16.5. The number of likely N-dealkylation sites (tertiary alicyclic amines) is 1. The highest BCUT2D eigenvalue weighted by molar-refractivity contribution is 6.00. The van der Waals surface area contributed by atoms with E-state index in [9.17, 15) is 4.79 Å². The van der Waals surface area contributed by atoms with Crippen LogP contribution in [0, 0.1) is 0 Å². The summed E-state index contributed by atoms with van der Waals surface area (Å²) in [5, 5.41) is 7.89. The topological polar surface area (TPSA) is 97.1 Å². The summed E-state index contributed by atoms with van der Waals surface area (Å²) in [4.78, 5) is 19.6. The maximum atomic E-state index is 12.8. The fourth-order valence-electron chi connectivity index (χ4n) is 4.14. The normalized spacial score (nSPS) is 13.9. The molecule has 0 atom stereocenters. The van der Waals surface area contributed by atoms with Crippen LogP contribution in [0.25, 0.3) is 22.2 Å². The summed E-state index contributed by atoms with van der Waals surface area (Å²) >= 11 is 0. The Hall–Kier alpha value is -3.87. The Kier molecular flexibility index (Phi) is 5.46. The van der Waals surface area contributed by atoms with Gasteiger partial charge in [0.15, 0.2) is 5.82 Å². The molecule has 2 aromatic heterocycles. The number of benzene rings is 2. The van der Waals surface area contributed by atoms with Crippen LogP contribution in [0.4, 0.5) is 5.82 Å². The van der Waals surface area contributed by atoms with Gasteiger partial charge in [-0.25, -0.2) is 0 Å². The van der Waals surface area contributed by atoms with Crippen LogP contribution in [0.5, 0.6) is 11.5 Å². The number of hydrogen-bond donors (Lipinski definition) is 2. The Morgan fingerprint density at radius 3 is 2.47 bits per heavy atom. The molecule has 0 aliphatic carbocycles. The summed E-state index contributed by atoms with van der Waals surface area (Å²) in [6.07, 6.45) is 3.59. The molecule has 3 N–H and O–H groups in total. The summed E-state index contributed by atoms with van der Waals surface area (Å²) in [5.41, 5.74) is 9.21. The number of carbonyl (C=O) groups is 1. The minimum atomic E-state index is 0.113. The maximum absolute atomic E-state index is 12.8. The summed E-state index contributed by atoms with van der Waals surface area (Å²) in [6, 6.07) is 19.2. The van der Waals surface area contributed by atoms with Crippen molar-refractivity contribution in [1.82, 2.24) is 20.1 Å². The number of nitrogens with zero attached hydrogens (tertiary/aromatic N) is 3. The fraction of sp³-hybridized carbons (Fsp3) is 0.240. The predicted octanol–water partition coefficient (Wildman–Crippen LogP) is 4.55. The Morgan fingerprint density at radius 1 is 1.00 bits per heavy atom. The standard InChI is InChI=1S/C25H25N5O2/c26-25-23-21(28-29-25)15-18(16-22(31)30-13-5-2-6-14-30)27-24(23)17-9-11-20(12-10-17)32-19-7-3-1-4-8-19/h1,3-4,7-12,15H,2,5-6,13-14,16H2,(H3,26,28,29). The zero-order chi connectivity index (χ0) is 21.9. The van der Waals surface area contributed by atoms with Crippen molar-refractivity contribution in [2.45, 2.75) is 25.7 Å². The first-order chi connectivity index (χ1) is 15.7. The molecule has 0 unspecified atom stereocenters. The number of fused-ring (bicyclic) bond motifs is 1. The Labute approximate surface area is 186 Å². The first-order valence-corrected chi connectivity index (χ1v) is 10.9. The summed E-state index contributed by atoms with van der Waals surface area (Å²) in [6.45, 7) is 1.65. The van der Waals surface area contributed by atoms with Crippen LogP contribution >= 0.6 is 0 Å². The highest BCUT2D eigenvalue weighted by Crippen LogP contribution is 2.32. The summed E-state index contributed by atoms with van der Waals surface area (Å²) < 4.78 is 5.90. The zero-order valence-corrected chi connectivity index (χ0v) is 17.8. The van der Waals surface area contributed by atoms with E-state index in [4.69, 9.17) is 15.5 Å².